The number of fused-ring (bicyclic) bond motifs is 1. The summed E-state index contributed by atoms with van der Waals surface area (Å²) < 4.78 is 6.33. The lowest BCUT2D eigenvalue weighted by molar-refractivity contribution is 0.278. The van der Waals surface area contributed by atoms with Gasteiger partial charge in [-0.2, -0.15) is 11.8 Å². The van der Waals surface area contributed by atoms with Gasteiger partial charge in [0.1, 0.15) is 5.75 Å². The SMILES string of the molecule is CCNC(c1cccc2c1OCCC2)C1(C)CCCS1. The highest BCUT2D eigenvalue weighted by Crippen LogP contribution is 2.49. The van der Waals surface area contributed by atoms with Gasteiger partial charge in [-0.1, -0.05) is 25.1 Å². The predicted octanol–water partition coefficient (Wildman–Crippen LogP) is 3.95. The van der Waals surface area contributed by atoms with Crippen molar-refractivity contribution in [3.8, 4) is 5.75 Å². The Kier molecular flexibility index (Phi) is 4.27. The van der Waals surface area contributed by atoms with Crippen LogP contribution in [0.4, 0.5) is 0 Å². The summed E-state index contributed by atoms with van der Waals surface area (Å²) in [5.74, 6) is 2.45. The minimum atomic E-state index is 0.298. The number of ether oxygens (including phenoxy) is 1. The first-order valence-corrected chi connectivity index (χ1v) is 8.85. The van der Waals surface area contributed by atoms with E-state index >= 15 is 0 Å². The van der Waals surface area contributed by atoms with Crippen molar-refractivity contribution >= 4 is 11.8 Å². The average molecular weight is 291 g/mol. The average Bonchev–Trinajstić information content (AvgIpc) is 2.92. The van der Waals surface area contributed by atoms with Crippen molar-refractivity contribution in [3.63, 3.8) is 0 Å². The Morgan fingerprint density at radius 2 is 2.30 bits per heavy atom. The number of nitrogens with one attached hydrogen (secondary N) is 1. The second-order valence-electron chi connectivity index (χ2n) is 6.04. The van der Waals surface area contributed by atoms with E-state index < -0.39 is 0 Å². The Morgan fingerprint density at radius 1 is 1.40 bits per heavy atom. The second-order valence-corrected chi connectivity index (χ2v) is 7.67. The Labute approximate surface area is 126 Å². The van der Waals surface area contributed by atoms with Crippen LogP contribution in [-0.2, 0) is 6.42 Å². The number of hydrogen-bond acceptors (Lipinski definition) is 3. The van der Waals surface area contributed by atoms with Gasteiger partial charge in [0, 0.05) is 10.3 Å². The first-order valence-electron chi connectivity index (χ1n) is 7.86. The summed E-state index contributed by atoms with van der Waals surface area (Å²) in [6, 6.07) is 7.09. The molecule has 1 N–H and O–H groups in total. The van der Waals surface area contributed by atoms with E-state index in [9.17, 15) is 0 Å². The minimum Gasteiger partial charge on any atom is -0.493 e. The van der Waals surface area contributed by atoms with Gasteiger partial charge in [0.15, 0.2) is 0 Å². The smallest absolute Gasteiger partial charge is 0.127 e. The lowest BCUT2D eigenvalue weighted by atomic mass is 9.87. The van der Waals surface area contributed by atoms with Gasteiger partial charge < -0.3 is 10.1 Å². The third-order valence-corrected chi connectivity index (χ3v) is 6.14. The van der Waals surface area contributed by atoms with Gasteiger partial charge in [-0.3, -0.25) is 0 Å². The van der Waals surface area contributed by atoms with Crippen LogP contribution in [0.15, 0.2) is 18.2 Å². The van der Waals surface area contributed by atoms with E-state index in [0.29, 0.717) is 10.8 Å². The van der Waals surface area contributed by atoms with Gasteiger partial charge in [0.25, 0.3) is 0 Å². The summed E-state index contributed by atoms with van der Waals surface area (Å²) in [4.78, 5) is 0. The molecule has 1 saturated heterocycles. The first kappa shape index (κ1) is 14.3. The van der Waals surface area contributed by atoms with Crippen molar-refractivity contribution in [2.24, 2.45) is 0 Å². The molecule has 110 valence electrons. The zero-order valence-electron chi connectivity index (χ0n) is 12.6. The molecule has 0 saturated carbocycles. The molecule has 2 nitrogen and oxygen atoms in total. The maximum Gasteiger partial charge on any atom is 0.127 e. The van der Waals surface area contributed by atoms with Crippen LogP contribution in [0.25, 0.3) is 0 Å². The second kappa shape index (κ2) is 5.98. The molecule has 1 aromatic rings. The lowest BCUT2D eigenvalue weighted by Gasteiger charge is -2.36. The minimum absolute atomic E-state index is 0.298. The largest absolute Gasteiger partial charge is 0.493 e. The van der Waals surface area contributed by atoms with E-state index in [1.807, 2.05) is 0 Å². The van der Waals surface area contributed by atoms with Gasteiger partial charge >= 0.3 is 0 Å². The van der Waals surface area contributed by atoms with Crippen LogP contribution in [0, 0.1) is 0 Å². The van der Waals surface area contributed by atoms with E-state index in [1.165, 1.54) is 35.5 Å². The Morgan fingerprint density at radius 3 is 3.05 bits per heavy atom. The molecule has 1 aromatic carbocycles. The maximum absolute atomic E-state index is 6.04. The summed E-state index contributed by atoms with van der Waals surface area (Å²) in [6.45, 7) is 6.49. The zero-order chi connectivity index (χ0) is 14.0. The van der Waals surface area contributed by atoms with Crippen LogP contribution < -0.4 is 10.1 Å². The van der Waals surface area contributed by atoms with Crippen LogP contribution in [-0.4, -0.2) is 23.7 Å². The van der Waals surface area contributed by atoms with Crippen molar-refractivity contribution in [2.75, 3.05) is 18.9 Å². The molecule has 2 heterocycles. The Balaban J connectivity index is 1.99. The maximum atomic E-state index is 6.04. The molecule has 0 aliphatic carbocycles. The topological polar surface area (TPSA) is 21.3 Å². The summed E-state index contributed by atoms with van der Waals surface area (Å²) in [5, 5.41) is 3.73. The van der Waals surface area contributed by atoms with E-state index in [1.54, 1.807) is 0 Å². The number of aryl methyl sites for hydroxylation is 1. The fraction of sp³-hybridized carbons (Fsp3) is 0.647. The van der Waals surface area contributed by atoms with Gasteiger partial charge in [-0.05, 0) is 50.5 Å². The molecular weight excluding hydrogens is 266 g/mol. The van der Waals surface area contributed by atoms with Crippen molar-refractivity contribution in [1.29, 1.82) is 0 Å². The monoisotopic (exact) mass is 291 g/mol. The molecule has 0 aromatic heterocycles. The van der Waals surface area contributed by atoms with Crippen LogP contribution in [0.5, 0.6) is 5.75 Å². The van der Waals surface area contributed by atoms with Crippen LogP contribution in [0.2, 0.25) is 0 Å². The number of rotatable bonds is 4. The first-order chi connectivity index (χ1) is 9.74. The molecule has 0 amide bonds. The van der Waals surface area contributed by atoms with Crippen molar-refractivity contribution in [2.45, 2.75) is 50.3 Å². The van der Waals surface area contributed by atoms with E-state index in [4.69, 9.17) is 4.74 Å². The van der Waals surface area contributed by atoms with Crippen molar-refractivity contribution < 1.29 is 4.74 Å². The van der Waals surface area contributed by atoms with E-state index in [2.05, 4.69) is 49.1 Å². The highest BCUT2D eigenvalue weighted by atomic mass is 32.2. The van der Waals surface area contributed by atoms with Gasteiger partial charge in [-0.15, -0.1) is 0 Å². The lowest BCUT2D eigenvalue weighted by Crippen LogP contribution is -2.38. The van der Waals surface area contributed by atoms with Crippen LogP contribution in [0.1, 0.15) is 50.3 Å². The van der Waals surface area contributed by atoms with E-state index in [-0.39, 0.29) is 0 Å². The molecule has 0 spiro atoms. The van der Waals surface area contributed by atoms with Gasteiger partial charge in [0.05, 0.1) is 12.6 Å². The summed E-state index contributed by atoms with van der Waals surface area (Å²) in [7, 11) is 0. The predicted molar refractivity (Wildman–Crippen MR) is 86.8 cm³/mol. The molecule has 3 heteroatoms. The Bertz CT molecular complexity index is 468. The van der Waals surface area contributed by atoms with Gasteiger partial charge in [-0.25, -0.2) is 0 Å². The molecule has 0 radical (unpaired) electrons. The fourth-order valence-corrected chi connectivity index (χ4v) is 4.95. The van der Waals surface area contributed by atoms with E-state index in [0.717, 1.165) is 26.0 Å². The zero-order valence-corrected chi connectivity index (χ0v) is 13.4. The highest BCUT2D eigenvalue weighted by molar-refractivity contribution is 8.00. The molecule has 20 heavy (non-hydrogen) atoms. The quantitative estimate of drug-likeness (QED) is 0.907. The van der Waals surface area contributed by atoms with Crippen LogP contribution in [0.3, 0.4) is 0 Å². The molecule has 2 aliphatic heterocycles. The fourth-order valence-electron chi connectivity index (χ4n) is 3.53. The van der Waals surface area contributed by atoms with Crippen molar-refractivity contribution in [3.05, 3.63) is 29.3 Å². The van der Waals surface area contributed by atoms with Gasteiger partial charge in [0.2, 0.25) is 0 Å². The molecule has 1 fully saturated rings. The molecular formula is C17H25NOS. The summed E-state index contributed by atoms with van der Waals surface area (Å²) >= 11 is 2.12. The number of thioether (sulfide) groups is 1. The number of para-hydroxylation sites is 1. The standard InChI is InChI=1S/C17H25NOS/c1-3-18-16(17(2)10-6-12-20-17)14-9-4-7-13-8-5-11-19-15(13)14/h4,7,9,16,18H,3,5-6,8,10-12H2,1-2H3. The molecule has 0 bridgehead atoms. The summed E-state index contributed by atoms with van der Waals surface area (Å²) in [6.07, 6.45) is 4.93. The van der Waals surface area contributed by atoms with Crippen LogP contribution >= 0.6 is 11.8 Å². The molecule has 2 aliphatic rings. The highest BCUT2D eigenvalue weighted by Gasteiger charge is 2.40. The third kappa shape index (κ3) is 2.58. The molecule has 2 unspecified atom stereocenters. The van der Waals surface area contributed by atoms with Crippen molar-refractivity contribution in [1.82, 2.24) is 5.32 Å². The molecule has 3 rings (SSSR count). The Hall–Kier alpha value is -0.670. The number of hydrogen-bond donors (Lipinski definition) is 1. The number of benzene rings is 1. The normalized spacial score (nSPS) is 26.9. The molecule has 2 atom stereocenters. The summed E-state index contributed by atoms with van der Waals surface area (Å²) in [5.41, 5.74) is 2.77. The third-order valence-electron chi connectivity index (χ3n) is 4.54.